The highest BCUT2D eigenvalue weighted by Gasteiger charge is 2.36. The molecule has 29 heavy (non-hydrogen) atoms. The van der Waals surface area contributed by atoms with E-state index in [-0.39, 0.29) is 5.57 Å². The van der Waals surface area contributed by atoms with Gasteiger partial charge in [0.15, 0.2) is 6.61 Å². The number of carbonyl (C=O) groups excluding carboxylic acids is 3. The van der Waals surface area contributed by atoms with Crippen LogP contribution >= 0.6 is 46.4 Å². The van der Waals surface area contributed by atoms with Gasteiger partial charge in [-0.25, -0.2) is 14.4 Å². The van der Waals surface area contributed by atoms with Gasteiger partial charge in [0, 0.05) is 29.5 Å². The molecular formula is C19H18Cl4O6. The first-order valence-electron chi connectivity index (χ1n) is 8.45. The quantitative estimate of drug-likeness (QED) is 0.262. The van der Waals surface area contributed by atoms with Gasteiger partial charge in [-0.2, -0.15) is 0 Å². The van der Waals surface area contributed by atoms with Crippen LogP contribution in [-0.4, -0.2) is 40.5 Å². The van der Waals surface area contributed by atoms with Crippen LogP contribution in [0.5, 0.6) is 0 Å². The van der Waals surface area contributed by atoms with Crippen molar-refractivity contribution in [2.75, 3.05) is 13.2 Å². The van der Waals surface area contributed by atoms with Gasteiger partial charge in [0.05, 0.1) is 0 Å². The summed E-state index contributed by atoms with van der Waals surface area (Å²) in [6.45, 7) is 2.00. The molecule has 1 aliphatic carbocycles. The van der Waals surface area contributed by atoms with Gasteiger partial charge in [-0.3, -0.25) is 0 Å². The Labute approximate surface area is 188 Å². The molecule has 0 heterocycles. The zero-order valence-electron chi connectivity index (χ0n) is 15.6. The van der Waals surface area contributed by atoms with Gasteiger partial charge in [0.25, 0.3) is 0 Å². The maximum absolute atomic E-state index is 12.2. The van der Waals surface area contributed by atoms with E-state index < -0.39 is 40.5 Å². The van der Waals surface area contributed by atoms with E-state index in [1.54, 1.807) is 13.0 Å². The molecule has 1 aliphatic rings. The highest BCUT2D eigenvalue weighted by molar-refractivity contribution is 6.67. The van der Waals surface area contributed by atoms with Gasteiger partial charge >= 0.3 is 17.9 Å². The van der Waals surface area contributed by atoms with Crippen molar-refractivity contribution in [2.24, 2.45) is 0 Å². The topological polar surface area (TPSA) is 78.9 Å². The van der Waals surface area contributed by atoms with E-state index in [0.29, 0.717) is 17.9 Å². The molecule has 0 spiro atoms. The summed E-state index contributed by atoms with van der Waals surface area (Å²) in [6, 6.07) is 5.53. The molecule has 0 saturated heterocycles. The second-order valence-electron chi connectivity index (χ2n) is 6.82. The highest BCUT2D eigenvalue weighted by Crippen LogP contribution is 2.34. The highest BCUT2D eigenvalue weighted by atomic mass is 35.6. The van der Waals surface area contributed by atoms with E-state index in [1.807, 2.05) is 12.1 Å². The number of rotatable bonds is 6. The minimum atomic E-state index is -1.76. The molecule has 1 aromatic rings. The van der Waals surface area contributed by atoms with E-state index in [2.05, 4.69) is 4.74 Å². The van der Waals surface area contributed by atoms with E-state index in [1.165, 1.54) is 6.92 Å². The smallest absolute Gasteiger partial charge is 0.344 e. The van der Waals surface area contributed by atoms with E-state index in [9.17, 15) is 14.4 Å². The number of alkyl halides is 3. The fourth-order valence-corrected chi connectivity index (χ4v) is 3.18. The van der Waals surface area contributed by atoms with Gasteiger partial charge in [-0.1, -0.05) is 52.5 Å². The van der Waals surface area contributed by atoms with Gasteiger partial charge in [0.2, 0.25) is 3.79 Å². The van der Waals surface area contributed by atoms with Crippen molar-refractivity contribution < 1.29 is 28.6 Å². The van der Waals surface area contributed by atoms with Crippen LogP contribution in [0.15, 0.2) is 29.8 Å². The van der Waals surface area contributed by atoms with Gasteiger partial charge < -0.3 is 14.2 Å². The first-order chi connectivity index (χ1) is 13.4. The number of ether oxygens (including phenoxy) is 3. The Bertz CT molecular complexity index is 846. The normalized spacial score (nSPS) is 18.8. The maximum atomic E-state index is 12.2. The van der Waals surface area contributed by atoms with Crippen LogP contribution in [0.4, 0.5) is 0 Å². The summed E-state index contributed by atoms with van der Waals surface area (Å²) in [5.74, 6) is -2.46. The van der Waals surface area contributed by atoms with Gasteiger partial charge in [-0.15, -0.1) is 0 Å². The average molecular weight is 484 g/mol. The Kier molecular flexibility index (Phi) is 7.85. The van der Waals surface area contributed by atoms with Crippen LogP contribution in [0, 0.1) is 0 Å². The SMILES string of the molecule is C/C(=C\C(=O)OC1(C)Cc2ccc(Cl)cc2C1)C(=O)OCC(=O)OCC(Cl)(Cl)Cl. The van der Waals surface area contributed by atoms with Crippen LogP contribution in [0.3, 0.4) is 0 Å². The molecule has 0 fully saturated rings. The van der Waals surface area contributed by atoms with Crippen molar-refractivity contribution in [1.82, 2.24) is 0 Å². The lowest BCUT2D eigenvalue weighted by molar-refractivity contribution is -0.156. The Balaban J connectivity index is 1.85. The number of hydrogen-bond donors (Lipinski definition) is 0. The van der Waals surface area contributed by atoms with Crippen LogP contribution in [0.2, 0.25) is 5.02 Å². The lowest BCUT2D eigenvalue weighted by Gasteiger charge is -2.23. The molecule has 6 nitrogen and oxygen atoms in total. The van der Waals surface area contributed by atoms with Crippen LogP contribution in [0.1, 0.15) is 25.0 Å². The molecule has 1 atom stereocenters. The summed E-state index contributed by atoms with van der Waals surface area (Å²) in [5, 5.41) is 0.616. The molecule has 0 aromatic heterocycles. The zero-order valence-corrected chi connectivity index (χ0v) is 18.6. The molecule has 2 rings (SSSR count). The molecule has 0 aliphatic heterocycles. The minimum Gasteiger partial charge on any atom is -0.459 e. The molecule has 0 radical (unpaired) electrons. The number of hydrogen-bond acceptors (Lipinski definition) is 6. The first-order valence-corrected chi connectivity index (χ1v) is 9.96. The third kappa shape index (κ3) is 7.70. The second kappa shape index (κ2) is 9.56. The largest absolute Gasteiger partial charge is 0.459 e. The first kappa shape index (κ1) is 23.8. The molecule has 1 aromatic carbocycles. The van der Waals surface area contributed by atoms with E-state index in [4.69, 9.17) is 55.9 Å². The van der Waals surface area contributed by atoms with Crippen molar-refractivity contribution in [3.05, 3.63) is 46.0 Å². The van der Waals surface area contributed by atoms with Crippen molar-refractivity contribution in [2.45, 2.75) is 36.1 Å². The molecular weight excluding hydrogens is 466 g/mol. The Hall–Kier alpha value is -1.47. The molecule has 0 N–H and O–H groups in total. The Morgan fingerprint density at radius 2 is 1.79 bits per heavy atom. The summed E-state index contributed by atoms with van der Waals surface area (Å²) in [6.07, 6.45) is 2.06. The van der Waals surface area contributed by atoms with Crippen LogP contribution in [0.25, 0.3) is 0 Å². The third-order valence-corrected chi connectivity index (χ3v) is 4.58. The fourth-order valence-electron chi connectivity index (χ4n) is 2.82. The van der Waals surface area contributed by atoms with Gasteiger partial charge in [0.1, 0.15) is 12.2 Å². The Morgan fingerprint density at radius 3 is 2.45 bits per heavy atom. The molecule has 10 heteroatoms. The van der Waals surface area contributed by atoms with E-state index >= 15 is 0 Å². The summed E-state index contributed by atoms with van der Waals surface area (Å²) in [5.41, 5.74) is 1.29. The summed E-state index contributed by atoms with van der Waals surface area (Å²) in [7, 11) is 0. The summed E-state index contributed by atoms with van der Waals surface area (Å²) in [4.78, 5) is 35.6. The third-order valence-electron chi connectivity index (χ3n) is 4.02. The van der Waals surface area contributed by atoms with Crippen molar-refractivity contribution in [3.63, 3.8) is 0 Å². The molecule has 0 amide bonds. The van der Waals surface area contributed by atoms with Crippen LogP contribution < -0.4 is 0 Å². The van der Waals surface area contributed by atoms with Crippen LogP contribution in [-0.2, 0) is 41.4 Å². The summed E-state index contributed by atoms with van der Waals surface area (Å²) >= 11 is 22.3. The molecule has 158 valence electrons. The second-order valence-corrected chi connectivity index (χ2v) is 9.77. The molecule has 1 unspecified atom stereocenters. The minimum absolute atomic E-state index is 0.0358. The molecule has 0 bridgehead atoms. The predicted octanol–water partition coefficient (Wildman–Crippen LogP) is 4.14. The van der Waals surface area contributed by atoms with Crippen molar-refractivity contribution >= 4 is 64.3 Å². The average Bonchev–Trinajstić information content (AvgIpc) is 2.91. The number of esters is 3. The standard InChI is InChI=1S/C19H18Cl4O6/c1-11(17(26)27-9-16(25)28-10-19(21,22)23)5-15(24)29-18(2)7-12-3-4-14(20)6-13(12)8-18/h3-6H,7-10H2,1-2H3/b11-5+. The van der Waals surface area contributed by atoms with E-state index in [0.717, 1.165) is 17.2 Å². The monoisotopic (exact) mass is 482 g/mol. The maximum Gasteiger partial charge on any atom is 0.344 e. The number of fused-ring (bicyclic) bond motifs is 1. The fraction of sp³-hybridized carbons (Fsp3) is 0.421. The molecule has 0 saturated carbocycles. The number of halogens is 4. The number of carbonyl (C=O) groups is 3. The predicted molar refractivity (Wildman–Crippen MR) is 109 cm³/mol. The van der Waals surface area contributed by atoms with Crippen molar-refractivity contribution in [1.29, 1.82) is 0 Å². The van der Waals surface area contributed by atoms with Gasteiger partial charge in [-0.05, 0) is 37.1 Å². The zero-order chi connectivity index (χ0) is 21.8. The summed E-state index contributed by atoms with van der Waals surface area (Å²) < 4.78 is 13.2. The van der Waals surface area contributed by atoms with Crippen molar-refractivity contribution in [3.8, 4) is 0 Å². The Morgan fingerprint density at radius 1 is 1.14 bits per heavy atom. The number of benzene rings is 1. The lowest BCUT2D eigenvalue weighted by atomic mass is 10.0. The lowest BCUT2D eigenvalue weighted by Crippen LogP contribution is -2.32.